The van der Waals surface area contributed by atoms with Gasteiger partial charge in [0.25, 0.3) is 5.91 Å². The second-order valence-corrected chi connectivity index (χ2v) is 7.90. The Hall–Kier alpha value is -4.24. The molecule has 1 aliphatic heterocycles. The minimum atomic E-state index is -0.649. The predicted molar refractivity (Wildman–Crippen MR) is 126 cm³/mol. The summed E-state index contributed by atoms with van der Waals surface area (Å²) in [5.74, 6) is 0.0477. The lowest BCUT2D eigenvalue weighted by Crippen LogP contribution is -2.30. The van der Waals surface area contributed by atoms with Crippen molar-refractivity contribution >= 4 is 35.6 Å². The monoisotopic (exact) mass is 496 g/mol. The van der Waals surface area contributed by atoms with E-state index in [0.29, 0.717) is 28.7 Å². The van der Waals surface area contributed by atoms with Crippen LogP contribution in [0.2, 0.25) is 5.02 Å². The Morgan fingerprint density at radius 2 is 1.83 bits per heavy atom. The van der Waals surface area contributed by atoms with Crippen LogP contribution in [0, 0.1) is 0 Å². The molecule has 2 heterocycles. The number of nitrogens with zero attached hydrogens (tertiary/aromatic N) is 1. The number of benzene rings is 2. The Morgan fingerprint density at radius 1 is 1.06 bits per heavy atom. The van der Waals surface area contributed by atoms with Crippen molar-refractivity contribution in [1.29, 1.82) is 0 Å². The Balaban J connectivity index is 1.46. The molecule has 1 N–H and O–H groups in total. The highest BCUT2D eigenvalue weighted by Gasteiger charge is 2.34. The number of furan rings is 1. The van der Waals surface area contributed by atoms with Crippen LogP contribution in [0.1, 0.15) is 27.4 Å². The van der Waals surface area contributed by atoms with Crippen LogP contribution < -0.4 is 14.8 Å². The number of methoxy groups -OCH3 is 2. The summed E-state index contributed by atoms with van der Waals surface area (Å²) in [6.07, 6.45) is 1.54. The minimum Gasteiger partial charge on any atom is -0.493 e. The van der Waals surface area contributed by atoms with Crippen molar-refractivity contribution in [3.05, 3.63) is 88.0 Å². The van der Waals surface area contributed by atoms with Gasteiger partial charge in [0, 0.05) is 5.02 Å². The summed E-state index contributed by atoms with van der Waals surface area (Å²) in [6, 6.07) is 14.8. The average Bonchev–Trinajstić information content (AvgIpc) is 3.44. The van der Waals surface area contributed by atoms with Crippen LogP contribution in [0.3, 0.4) is 0 Å². The molecule has 1 saturated heterocycles. The van der Waals surface area contributed by atoms with Gasteiger partial charge in [-0.1, -0.05) is 29.8 Å². The topological polar surface area (TPSA) is 107 Å². The minimum absolute atomic E-state index is 0.0178. The highest BCUT2D eigenvalue weighted by Crippen LogP contribution is 2.30. The standard InChI is InChI=1S/C25H21ClN2O7/c1-32-22-12-16(5-9-20(22)34-14-15-3-6-17(26)7-4-15)11-19-23(29)28(25(31)27-19)13-18-8-10-21(35-18)24(30)33-2/h3-12H,13-14H2,1-2H3,(H,27,31). The molecule has 0 aliphatic carbocycles. The molecule has 180 valence electrons. The largest absolute Gasteiger partial charge is 0.493 e. The molecule has 0 atom stereocenters. The molecule has 3 aromatic rings. The number of carbonyl (C=O) groups excluding carboxylic acids is 3. The molecule has 0 saturated carbocycles. The van der Waals surface area contributed by atoms with Gasteiger partial charge in [0.15, 0.2) is 11.5 Å². The van der Waals surface area contributed by atoms with Gasteiger partial charge in [-0.15, -0.1) is 0 Å². The number of hydrogen-bond acceptors (Lipinski definition) is 7. The smallest absolute Gasteiger partial charge is 0.373 e. The molecule has 35 heavy (non-hydrogen) atoms. The molecule has 3 amide bonds. The first-order valence-electron chi connectivity index (χ1n) is 10.4. The van der Waals surface area contributed by atoms with Crippen molar-refractivity contribution < 1.29 is 33.0 Å². The number of rotatable bonds is 8. The lowest BCUT2D eigenvalue weighted by molar-refractivity contribution is -0.123. The molecular weight excluding hydrogens is 476 g/mol. The highest BCUT2D eigenvalue weighted by molar-refractivity contribution is 6.30. The maximum absolute atomic E-state index is 12.8. The summed E-state index contributed by atoms with van der Waals surface area (Å²) in [5, 5.41) is 3.19. The molecule has 0 bridgehead atoms. The summed E-state index contributed by atoms with van der Waals surface area (Å²) in [4.78, 5) is 37.7. The molecule has 2 aromatic carbocycles. The van der Waals surface area contributed by atoms with Crippen molar-refractivity contribution in [2.75, 3.05) is 14.2 Å². The third-order valence-electron chi connectivity index (χ3n) is 5.13. The second-order valence-electron chi connectivity index (χ2n) is 7.46. The summed E-state index contributed by atoms with van der Waals surface area (Å²) < 4.78 is 21.2. The Morgan fingerprint density at radius 3 is 2.54 bits per heavy atom. The molecule has 4 rings (SSSR count). The normalized spacial score (nSPS) is 14.3. The van der Waals surface area contributed by atoms with E-state index in [0.717, 1.165) is 10.5 Å². The van der Waals surface area contributed by atoms with Crippen molar-refractivity contribution in [2.24, 2.45) is 0 Å². The van der Waals surface area contributed by atoms with Crippen LogP contribution in [-0.2, 0) is 22.7 Å². The molecule has 10 heteroatoms. The summed E-state index contributed by atoms with van der Waals surface area (Å²) in [5.41, 5.74) is 1.65. The maximum Gasteiger partial charge on any atom is 0.373 e. The SMILES string of the molecule is COC(=O)c1ccc(CN2C(=O)NC(=Cc3ccc(OCc4ccc(Cl)cc4)c(OC)c3)C2=O)o1. The van der Waals surface area contributed by atoms with Gasteiger partial charge in [0.1, 0.15) is 18.1 Å². The lowest BCUT2D eigenvalue weighted by atomic mass is 10.1. The van der Waals surface area contributed by atoms with Crippen LogP contribution in [0.15, 0.2) is 64.7 Å². The van der Waals surface area contributed by atoms with Crippen molar-refractivity contribution in [3.63, 3.8) is 0 Å². The van der Waals surface area contributed by atoms with E-state index in [4.69, 9.17) is 25.5 Å². The van der Waals surface area contributed by atoms with Crippen LogP contribution in [0.25, 0.3) is 6.08 Å². The van der Waals surface area contributed by atoms with Crippen LogP contribution in [0.5, 0.6) is 11.5 Å². The zero-order valence-corrected chi connectivity index (χ0v) is 19.6. The van der Waals surface area contributed by atoms with E-state index in [1.54, 1.807) is 30.3 Å². The predicted octanol–water partition coefficient (Wildman–Crippen LogP) is 4.40. The fourth-order valence-electron chi connectivity index (χ4n) is 3.35. The summed E-state index contributed by atoms with van der Waals surface area (Å²) in [6.45, 7) is 0.182. The van der Waals surface area contributed by atoms with Crippen LogP contribution >= 0.6 is 11.6 Å². The maximum atomic E-state index is 12.8. The third-order valence-corrected chi connectivity index (χ3v) is 5.38. The molecule has 1 aromatic heterocycles. The molecule has 0 spiro atoms. The number of hydrogen-bond donors (Lipinski definition) is 1. The number of esters is 1. The lowest BCUT2D eigenvalue weighted by Gasteiger charge is -2.12. The molecule has 1 fully saturated rings. The number of ether oxygens (including phenoxy) is 3. The molecule has 0 radical (unpaired) electrons. The number of amides is 3. The van der Waals surface area contributed by atoms with E-state index in [-0.39, 0.29) is 23.8 Å². The van der Waals surface area contributed by atoms with Gasteiger partial charge in [-0.2, -0.15) is 0 Å². The van der Waals surface area contributed by atoms with Crippen molar-refractivity contribution in [3.8, 4) is 11.5 Å². The van der Waals surface area contributed by atoms with E-state index in [9.17, 15) is 14.4 Å². The fourth-order valence-corrected chi connectivity index (χ4v) is 3.47. The first-order chi connectivity index (χ1) is 16.9. The first kappa shape index (κ1) is 23.9. The van der Waals surface area contributed by atoms with Gasteiger partial charge < -0.3 is 23.9 Å². The van der Waals surface area contributed by atoms with Gasteiger partial charge in [0.2, 0.25) is 5.76 Å². The number of carbonyl (C=O) groups is 3. The van der Waals surface area contributed by atoms with Gasteiger partial charge in [-0.05, 0) is 53.6 Å². The van der Waals surface area contributed by atoms with Gasteiger partial charge in [0.05, 0.1) is 20.8 Å². The number of urea groups is 1. The quantitative estimate of drug-likeness (QED) is 0.280. The first-order valence-corrected chi connectivity index (χ1v) is 10.8. The van der Waals surface area contributed by atoms with Gasteiger partial charge in [-0.25, -0.2) is 9.59 Å². The van der Waals surface area contributed by atoms with Gasteiger partial charge in [-0.3, -0.25) is 9.69 Å². The van der Waals surface area contributed by atoms with E-state index in [1.807, 2.05) is 12.1 Å². The molecule has 9 nitrogen and oxygen atoms in total. The second kappa shape index (κ2) is 10.4. The van der Waals surface area contributed by atoms with E-state index >= 15 is 0 Å². The molecule has 1 aliphatic rings. The zero-order valence-electron chi connectivity index (χ0n) is 18.9. The number of imide groups is 1. The molecular formula is C25H21ClN2O7. The Kier molecular flexibility index (Phi) is 7.07. The van der Waals surface area contributed by atoms with Crippen LogP contribution in [-0.4, -0.2) is 37.0 Å². The van der Waals surface area contributed by atoms with E-state index in [1.165, 1.54) is 32.4 Å². The fraction of sp³-hybridized carbons (Fsp3) is 0.160. The summed E-state index contributed by atoms with van der Waals surface area (Å²) >= 11 is 5.91. The highest BCUT2D eigenvalue weighted by atomic mass is 35.5. The van der Waals surface area contributed by atoms with Gasteiger partial charge >= 0.3 is 12.0 Å². The average molecular weight is 497 g/mol. The molecule has 0 unspecified atom stereocenters. The zero-order chi connectivity index (χ0) is 24.9. The Bertz CT molecular complexity index is 1300. The van der Waals surface area contributed by atoms with E-state index in [2.05, 4.69) is 10.1 Å². The van der Waals surface area contributed by atoms with E-state index < -0.39 is 17.9 Å². The number of nitrogens with one attached hydrogen (secondary N) is 1. The van der Waals surface area contributed by atoms with Crippen molar-refractivity contribution in [2.45, 2.75) is 13.2 Å². The van der Waals surface area contributed by atoms with Crippen LogP contribution in [0.4, 0.5) is 4.79 Å². The number of halogens is 1. The summed E-state index contributed by atoms with van der Waals surface area (Å²) in [7, 11) is 2.74. The Labute approximate surface area is 205 Å². The van der Waals surface area contributed by atoms with Crippen molar-refractivity contribution in [1.82, 2.24) is 10.2 Å². The third kappa shape index (κ3) is 5.47.